The minimum absolute atomic E-state index is 0.0243. The van der Waals surface area contributed by atoms with E-state index in [1.165, 1.54) is 25.1 Å². The number of rotatable bonds is 4. The highest BCUT2D eigenvalue weighted by Gasteiger charge is 2.21. The highest BCUT2D eigenvalue weighted by Crippen LogP contribution is 2.28. The second kappa shape index (κ2) is 5.72. The van der Waals surface area contributed by atoms with Gasteiger partial charge in [0.2, 0.25) is 5.82 Å². The molecule has 0 saturated heterocycles. The second-order valence-corrected chi connectivity index (χ2v) is 6.43. The quantitative estimate of drug-likeness (QED) is 0.691. The van der Waals surface area contributed by atoms with E-state index in [2.05, 4.69) is 4.72 Å². The maximum atomic E-state index is 13.9. The molecule has 0 fully saturated rings. The number of benzene rings is 2. The molecule has 0 spiro atoms. The Morgan fingerprint density at radius 2 is 1.68 bits per heavy atom. The molecule has 0 atom stereocenters. The number of nitro benzene ring substituents is 1. The fraction of sp³-hybridized carbons (Fsp3) is 0.143. The van der Waals surface area contributed by atoms with Crippen LogP contribution in [0.25, 0.3) is 0 Å². The lowest BCUT2D eigenvalue weighted by atomic mass is 10.1. The number of halogens is 1. The molecule has 2 aromatic carbocycles. The van der Waals surface area contributed by atoms with Crippen LogP contribution in [0.15, 0.2) is 41.3 Å². The molecule has 0 aliphatic rings. The van der Waals surface area contributed by atoms with Gasteiger partial charge >= 0.3 is 5.69 Å². The second-order valence-electron chi connectivity index (χ2n) is 4.75. The van der Waals surface area contributed by atoms with E-state index >= 15 is 0 Å². The lowest BCUT2D eigenvalue weighted by Crippen LogP contribution is -2.14. The number of nitro groups is 1. The number of nitrogens with zero attached hydrogens (tertiary/aromatic N) is 1. The highest BCUT2D eigenvalue weighted by atomic mass is 32.2. The van der Waals surface area contributed by atoms with Gasteiger partial charge in [-0.25, -0.2) is 8.42 Å². The Morgan fingerprint density at radius 1 is 1.09 bits per heavy atom. The maximum absolute atomic E-state index is 13.9. The van der Waals surface area contributed by atoms with Gasteiger partial charge in [-0.1, -0.05) is 17.7 Å². The summed E-state index contributed by atoms with van der Waals surface area (Å²) >= 11 is 0. The van der Waals surface area contributed by atoms with Crippen molar-refractivity contribution in [1.82, 2.24) is 0 Å². The van der Waals surface area contributed by atoms with E-state index < -0.39 is 26.5 Å². The Balaban J connectivity index is 2.40. The van der Waals surface area contributed by atoms with Gasteiger partial charge in [0.05, 0.1) is 15.5 Å². The number of hydrogen-bond acceptors (Lipinski definition) is 4. The number of hydrogen-bond donors (Lipinski definition) is 1. The summed E-state index contributed by atoms with van der Waals surface area (Å²) in [4.78, 5) is 9.81. The van der Waals surface area contributed by atoms with Crippen LogP contribution in [0, 0.1) is 29.8 Å². The van der Waals surface area contributed by atoms with Gasteiger partial charge < -0.3 is 0 Å². The van der Waals surface area contributed by atoms with Crippen LogP contribution in [-0.4, -0.2) is 13.3 Å². The van der Waals surface area contributed by atoms with Crippen molar-refractivity contribution >= 4 is 21.4 Å². The standard InChI is InChI=1S/C14H13FN2O4S/c1-9-3-5-11(6-4-9)22(20,21)16-12-7-8-13(17(18)19)14(15)10(12)2/h3-8,16H,1-2H3. The Labute approximate surface area is 126 Å². The van der Waals surface area contributed by atoms with E-state index in [-0.39, 0.29) is 16.1 Å². The first-order valence-electron chi connectivity index (χ1n) is 6.25. The van der Waals surface area contributed by atoms with Crippen molar-refractivity contribution in [3.63, 3.8) is 0 Å². The molecule has 0 saturated carbocycles. The normalized spacial score (nSPS) is 11.2. The molecule has 0 aliphatic heterocycles. The fourth-order valence-corrected chi connectivity index (χ4v) is 2.97. The molecule has 2 rings (SSSR count). The smallest absolute Gasteiger partial charge is 0.279 e. The molecule has 1 N–H and O–H groups in total. The summed E-state index contributed by atoms with van der Waals surface area (Å²) in [5.41, 5.74) is 0.0286. The molecule has 0 radical (unpaired) electrons. The van der Waals surface area contributed by atoms with Crippen LogP contribution < -0.4 is 4.72 Å². The maximum Gasteiger partial charge on any atom is 0.305 e. The minimum Gasteiger partial charge on any atom is -0.279 e. The van der Waals surface area contributed by atoms with Crippen molar-refractivity contribution in [2.75, 3.05) is 4.72 Å². The lowest BCUT2D eigenvalue weighted by molar-refractivity contribution is -0.387. The van der Waals surface area contributed by atoms with Gasteiger partial charge in [-0.15, -0.1) is 0 Å². The van der Waals surface area contributed by atoms with Gasteiger partial charge in [-0.05, 0) is 32.0 Å². The van der Waals surface area contributed by atoms with E-state index in [1.54, 1.807) is 12.1 Å². The molecule has 22 heavy (non-hydrogen) atoms. The topological polar surface area (TPSA) is 89.3 Å². The first-order valence-corrected chi connectivity index (χ1v) is 7.73. The summed E-state index contributed by atoms with van der Waals surface area (Å²) in [5, 5.41) is 10.7. The van der Waals surface area contributed by atoms with Gasteiger partial charge in [0.15, 0.2) is 0 Å². The zero-order valence-electron chi connectivity index (χ0n) is 11.8. The molecule has 116 valence electrons. The average Bonchev–Trinajstić information content (AvgIpc) is 2.44. The number of anilines is 1. The number of aryl methyl sites for hydroxylation is 1. The number of sulfonamides is 1. The van der Waals surface area contributed by atoms with Gasteiger partial charge in [0.1, 0.15) is 0 Å². The molecule has 0 aliphatic carbocycles. The Kier molecular flexibility index (Phi) is 4.14. The molecule has 0 aromatic heterocycles. The van der Waals surface area contributed by atoms with Crippen molar-refractivity contribution in [3.05, 3.63) is 63.5 Å². The van der Waals surface area contributed by atoms with Crippen molar-refractivity contribution in [1.29, 1.82) is 0 Å². The summed E-state index contributed by atoms with van der Waals surface area (Å²) in [6, 6.07) is 8.22. The van der Waals surface area contributed by atoms with Gasteiger partial charge in [-0.3, -0.25) is 14.8 Å². The summed E-state index contributed by atoms with van der Waals surface area (Å²) in [6.45, 7) is 3.09. The largest absolute Gasteiger partial charge is 0.305 e. The molecule has 8 heteroatoms. The van der Waals surface area contributed by atoms with Gasteiger partial charge in [0.25, 0.3) is 10.0 Å². The van der Waals surface area contributed by atoms with Gasteiger partial charge in [0, 0.05) is 11.6 Å². The number of nitrogens with one attached hydrogen (secondary N) is 1. The predicted octanol–water partition coefficient (Wildman–Crippen LogP) is 3.15. The SMILES string of the molecule is Cc1ccc(S(=O)(=O)Nc2ccc([N+](=O)[O-])c(F)c2C)cc1. The van der Waals surface area contributed by atoms with E-state index in [4.69, 9.17) is 0 Å². The van der Waals surface area contributed by atoms with E-state index in [0.717, 1.165) is 11.6 Å². The van der Waals surface area contributed by atoms with Crippen molar-refractivity contribution < 1.29 is 17.7 Å². The first kappa shape index (κ1) is 15.9. The van der Waals surface area contributed by atoms with E-state index in [1.807, 2.05) is 6.92 Å². The molecule has 2 aromatic rings. The third kappa shape index (κ3) is 3.06. The summed E-state index contributed by atoms with van der Waals surface area (Å²) in [6.07, 6.45) is 0. The molecule has 0 bridgehead atoms. The van der Waals surface area contributed by atoms with Crippen molar-refractivity contribution in [2.24, 2.45) is 0 Å². The molecule has 0 unspecified atom stereocenters. The Bertz CT molecular complexity index is 833. The summed E-state index contributed by atoms with van der Waals surface area (Å²) in [7, 11) is -3.89. The Hall–Kier alpha value is -2.48. The predicted molar refractivity (Wildman–Crippen MR) is 79.8 cm³/mol. The molecule has 0 heterocycles. The van der Waals surface area contributed by atoms with Crippen LogP contribution in [0.3, 0.4) is 0 Å². The van der Waals surface area contributed by atoms with E-state index in [9.17, 15) is 22.9 Å². The van der Waals surface area contributed by atoms with E-state index in [0.29, 0.717) is 0 Å². The minimum atomic E-state index is -3.89. The third-order valence-corrected chi connectivity index (χ3v) is 4.52. The molecule has 0 amide bonds. The zero-order chi connectivity index (χ0) is 16.5. The van der Waals surface area contributed by atoms with Gasteiger partial charge in [-0.2, -0.15) is 4.39 Å². The monoisotopic (exact) mass is 324 g/mol. The first-order chi connectivity index (χ1) is 10.2. The van der Waals surface area contributed by atoms with Crippen molar-refractivity contribution in [2.45, 2.75) is 18.7 Å². The van der Waals surface area contributed by atoms with Crippen LogP contribution >= 0.6 is 0 Å². The molecule has 6 nitrogen and oxygen atoms in total. The summed E-state index contributed by atoms with van der Waals surface area (Å²) < 4.78 is 40.6. The Morgan fingerprint density at radius 3 is 2.23 bits per heavy atom. The lowest BCUT2D eigenvalue weighted by Gasteiger charge is -2.11. The van der Waals surface area contributed by atoms with Crippen LogP contribution in [0.1, 0.15) is 11.1 Å². The highest BCUT2D eigenvalue weighted by molar-refractivity contribution is 7.92. The van der Waals surface area contributed by atoms with Crippen LogP contribution in [0.2, 0.25) is 0 Å². The van der Waals surface area contributed by atoms with Crippen LogP contribution in [-0.2, 0) is 10.0 Å². The third-order valence-electron chi connectivity index (χ3n) is 3.14. The summed E-state index contributed by atoms with van der Waals surface area (Å²) in [5.74, 6) is -1.06. The zero-order valence-corrected chi connectivity index (χ0v) is 12.6. The van der Waals surface area contributed by atoms with Crippen LogP contribution in [0.5, 0.6) is 0 Å². The van der Waals surface area contributed by atoms with Crippen LogP contribution in [0.4, 0.5) is 15.8 Å². The molecular weight excluding hydrogens is 311 g/mol. The molecular formula is C14H13FN2O4S. The van der Waals surface area contributed by atoms with Crippen molar-refractivity contribution in [3.8, 4) is 0 Å². The average molecular weight is 324 g/mol. The fourth-order valence-electron chi connectivity index (χ4n) is 1.84.